The van der Waals surface area contributed by atoms with Crippen molar-refractivity contribution in [2.24, 2.45) is 0 Å². The van der Waals surface area contributed by atoms with Gasteiger partial charge >= 0.3 is 17.9 Å². The second-order valence-corrected chi connectivity index (χ2v) is 23.4. The van der Waals surface area contributed by atoms with Crippen molar-refractivity contribution in [3.63, 3.8) is 0 Å². The molecule has 2 unspecified atom stereocenters. The number of carbonyl (C=O) groups excluding carboxylic acids is 2. The van der Waals surface area contributed by atoms with Crippen LogP contribution in [0.4, 0.5) is 0 Å². The number of rotatable bonds is 61. The van der Waals surface area contributed by atoms with Gasteiger partial charge in [0, 0.05) is 12.8 Å². The highest BCUT2D eigenvalue weighted by atomic mass is 16.7. The second-order valence-electron chi connectivity index (χ2n) is 23.4. The molecule has 85 heavy (non-hydrogen) atoms. The number of likely N-dealkylation sites (N-methyl/N-ethyl adjacent to an activating group) is 1. The topological polar surface area (TPSA) is 108 Å². The lowest BCUT2D eigenvalue weighted by Crippen LogP contribution is -2.40. The van der Waals surface area contributed by atoms with E-state index >= 15 is 0 Å². The molecule has 0 aromatic rings. The summed E-state index contributed by atoms with van der Waals surface area (Å²) in [5.41, 5.74) is 0. The molecule has 2 atom stereocenters. The van der Waals surface area contributed by atoms with Crippen molar-refractivity contribution >= 4 is 17.9 Å². The van der Waals surface area contributed by atoms with Crippen LogP contribution in [-0.2, 0) is 33.3 Å². The Morgan fingerprint density at radius 3 is 0.941 bits per heavy atom. The van der Waals surface area contributed by atoms with Crippen LogP contribution in [0.1, 0.15) is 258 Å². The number of aliphatic carboxylic acids is 1. The molecule has 482 valence electrons. The van der Waals surface area contributed by atoms with Gasteiger partial charge in [0.2, 0.25) is 0 Å². The first-order chi connectivity index (χ1) is 41.6. The number of hydrogen-bond acceptors (Lipinski definition) is 7. The molecule has 1 N–H and O–H groups in total. The second kappa shape index (κ2) is 65.2. The van der Waals surface area contributed by atoms with Gasteiger partial charge in [0.15, 0.2) is 6.10 Å². The van der Waals surface area contributed by atoms with Crippen LogP contribution in [0.2, 0.25) is 0 Å². The van der Waals surface area contributed by atoms with Crippen LogP contribution in [0.15, 0.2) is 146 Å². The normalized spacial score (nSPS) is 13.7. The number of quaternary nitrogens is 1. The number of unbranched alkanes of at least 4 members (excludes halogenated alkanes) is 22. The Labute approximate surface area is 522 Å². The highest BCUT2D eigenvalue weighted by Crippen LogP contribution is 2.16. The molecule has 0 aliphatic rings. The summed E-state index contributed by atoms with van der Waals surface area (Å²) in [7, 11) is 5.96. The number of nitrogens with zero attached hydrogens (tertiary/aromatic N) is 1. The molecule has 0 aromatic heterocycles. The number of carboxylic acid groups (broad SMARTS) is 1. The molecule has 0 spiro atoms. The monoisotopic (exact) mass is 1180 g/mol. The van der Waals surface area contributed by atoms with E-state index in [0.717, 1.165) is 128 Å². The summed E-state index contributed by atoms with van der Waals surface area (Å²) in [6.07, 6.45) is 92.3. The fourth-order valence-electron chi connectivity index (χ4n) is 8.96. The van der Waals surface area contributed by atoms with E-state index < -0.39 is 24.3 Å². The number of ether oxygens (including phenoxy) is 4. The fraction of sp³-hybridized carbons (Fsp3) is 0.645. The van der Waals surface area contributed by atoms with Crippen LogP contribution in [0.3, 0.4) is 0 Å². The van der Waals surface area contributed by atoms with Crippen LogP contribution < -0.4 is 0 Å². The number of carbonyl (C=O) groups is 3. The molecule has 0 aromatic carbocycles. The van der Waals surface area contributed by atoms with Crippen molar-refractivity contribution in [1.82, 2.24) is 0 Å². The van der Waals surface area contributed by atoms with E-state index in [-0.39, 0.29) is 38.6 Å². The van der Waals surface area contributed by atoms with Crippen LogP contribution >= 0.6 is 0 Å². The summed E-state index contributed by atoms with van der Waals surface area (Å²) in [6.45, 7) is 4.63. The first-order valence-electron chi connectivity index (χ1n) is 34.0. The van der Waals surface area contributed by atoms with Gasteiger partial charge < -0.3 is 28.5 Å². The van der Waals surface area contributed by atoms with Gasteiger partial charge in [0.25, 0.3) is 6.29 Å². The maximum atomic E-state index is 12.9. The molecule has 0 fully saturated rings. The summed E-state index contributed by atoms with van der Waals surface area (Å²) in [6, 6.07) is 0. The lowest BCUT2D eigenvalue weighted by molar-refractivity contribution is -0.870. The number of allylic oxidation sites excluding steroid dienone is 24. The minimum absolute atomic E-state index is 0.179. The van der Waals surface area contributed by atoms with Gasteiger partial charge in [-0.1, -0.05) is 275 Å². The van der Waals surface area contributed by atoms with Crippen LogP contribution in [-0.4, -0.2) is 87.4 Å². The van der Waals surface area contributed by atoms with Gasteiger partial charge in [-0.2, -0.15) is 0 Å². The van der Waals surface area contributed by atoms with Crippen molar-refractivity contribution in [3.05, 3.63) is 146 Å². The summed E-state index contributed by atoms with van der Waals surface area (Å²) in [5.74, 6) is -2.03. The minimum Gasteiger partial charge on any atom is -0.477 e. The van der Waals surface area contributed by atoms with Crippen molar-refractivity contribution in [2.45, 2.75) is 270 Å². The first kappa shape index (κ1) is 80.2. The summed E-state index contributed by atoms with van der Waals surface area (Å²) < 4.78 is 22.9. The van der Waals surface area contributed by atoms with E-state index in [2.05, 4.69) is 160 Å². The zero-order valence-corrected chi connectivity index (χ0v) is 55.0. The van der Waals surface area contributed by atoms with E-state index in [1.807, 2.05) is 21.1 Å². The quantitative estimate of drug-likeness (QED) is 0.0211. The molecule has 0 saturated carbocycles. The molecular weight excluding hydrogens is 1050 g/mol. The average Bonchev–Trinajstić information content (AvgIpc) is 3.48. The molecular formula is C76H126NO8+. The largest absolute Gasteiger partial charge is 0.477 e. The molecule has 0 aliphatic heterocycles. The van der Waals surface area contributed by atoms with Crippen LogP contribution in [0.25, 0.3) is 0 Å². The molecule has 0 rings (SSSR count). The predicted octanol–water partition coefficient (Wildman–Crippen LogP) is 21.1. The van der Waals surface area contributed by atoms with E-state index in [0.29, 0.717) is 17.4 Å². The Bertz CT molecular complexity index is 1900. The average molecular weight is 1180 g/mol. The van der Waals surface area contributed by atoms with Crippen molar-refractivity contribution in [1.29, 1.82) is 0 Å². The Morgan fingerprint density at radius 1 is 0.353 bits per heavy atom. The SMILES string of the molecule is CC/C=C\C/C=C\C/C=C\C/C=C\C/C=C\C/C=C\C/C=C\CCCCCCCCCCCCCCCCCC(=O)OC(COC(=O)CCCCCCCCC/C=C\C/C=C\C/C=C\C/C=C\C/C=C\CC)COC(OCC[N+](C)(C)C)C(=O)O. The fourth-order valence-corrected chi connectivity index (χ4v) is 8.96. The molecule has 0 radical (unpaired) electrons. The first-order valence-corrected chi connectivity index (χ1v) is 34.0. The molecule has 0 bridgehead atoms. The lowest BCUT2D eigenvalue weighted by Gasteiger charge is -2.25. The van der Waals surface area contributed by atoms with Gasteiger partial charge in [0.1, 0.15) is 13.2 Å². The van der Waals surface area contributed by atoms with Gasteiger partial charge in [-0.15, -0.1) is 0 Å². The predicted molar refractivity (Wildman–Crippen MR) is 364 cm³/mol. The summed E-state index contributed by atoms with van der Waals surface area (Å²) in [4.78, 5) is 37.6. The van der Waals surface area contributed by atoms with Gasteiger partial charge in [-0.05, 0) is 116 Å². The molecule has 0 aliphatic carbocycles. The van der Waals surface area contributed by atoms with Gasteiger partial charge in [-0.25, -0.2) is 4.79 Å². The minimum atomic E-state index is -1.52. The Kier molecular flexibility index (Phi) is 61.4. The zero-order valence-electron chi connectivity index (χ0n) is 55.0. The van der Waals surface area contributed by atoms with Crippen LogP contribution in [0.5, 0.6) is 0 Å². The van der Waals surface area contributed by atoms with E-state index in [1.54, 1.807) is 0 Å². The summed E-state index contributed by atoms with van der Waals surface area (Å²) in [5, 5.41) is 9.74. The Hall–Kier alpha value is -4.83. The lowest BCUT2D eigenvalue weighted by atomic mass is 10.0. The van der Waals surface area contributed by atoms with Crippen molar-refractivity contribution in [3.8, 4) is 0 Å². The molecule has 0 saturated heterocycles. The molecule has 0 heterocycles. The smallest absolute Gasteiger partial charge is 0.361 e. The zero-order chi connectivity index (χ0) is 61.9. The third-order valence-electron chi connectivity index (χ3n) is 14.1. The van der Waals surface area contributed by atoms with Gasteiger partial charge in [0.05, 0.1) is 34.4 Å². The van der Waals surface area contributed by atoms with E-state index in [1.165, 1.54) is 96.3 Å². The van der Waals surface area contributed by atoms with Crippen molar-refractivity contribution < 1.29 is 42.9 Å². The number of carboxylic acids is 1. The molecule has 9 heteroatoms. The highest BCUT2D eigenvalue weighted by Gasteiger charge is 2.25. The van der Waals surface area contributed by atoms with Crippen molar-refractivity contribution in [2.75, 3.05) is 47.5 Å². The Morgan fingerprint density at radius 2 is 0.635 bits per heavy atom. The van der Waals surface area contributed by atoms with E-state index in [9.17, 15) is 19.5 Å². The summed E-state index contributed by atoms with van der Waals surface area (Å²) >= 11 is 0. The van der Waals surface area contributed by atoms with E-state index in [4.69, 9.17) is 18.9 Å². The highest BCUT2D eigenvalue weighted by molar-refractivity contribution is 5.71. The van der Waals surface area contributed by atoms with Crippen LogP contribution in [0, 0.1) is 0 Å². The third-order valence-corrected chi connectivity index (χ3v) is 14.1. The number of hydrogen-bond donors (Lipinski definition) is 1. The van der Waals surface area contributed by atoms with Gasteiger partial charge in [-0.3, -0.25) is 9.59 Å². The maximum absolute atomic E-state index is 12.9. The third kappa shape index (κ3) is 66.5. The standard InChI is InChI=1S/C76H125NO8/c1-6-8-10-12-14-16-18-20-22-24-26-28-30-31-32-33-34-35-36-37-38-39-40-41-42-43-45-47-49-51-53-55-57-59-61-63-65-67-74(79)85-72(71-84-76(75(80)81)82-69-68-77(3,4)5)70-83-73(78)66-64-62-60-58-56-54-52-50-48-46-44-29-27-25-23-21-19-17-15-13-11-9-7-2/h8-11,14-17,20-23,26-29,31-32,34-35,37-38,46,48,72,76H,6-7,12-13,18-19,24-25,30,33,36,39-45,47,49-71H2,1-5H3/p+1/b10-8-,11-9-,16-14-,17-15-,22-20-,23-21-,28-26-,29-27-,32-31-,35-34-,38-37-,48-46-. The molecule has 0 amide bonds. The maximum Gasteiger partial charge on any atom is 0.361 e. The Balaban J connectivity index is 4.15. The number of esters is 2. The molecule has 9 nitrogen and oxygen atoms in total.